The molecule has 0 aromatic rings. The SMILES string of the molecule is CC1CC(SC(C)C)(C(=O)O)C1. The maximum atomic E-state index is 11.0. The van der Waals surface area contributed by atoms with Gasteiger partial charge in [0.1, 0.15) is 4.75 Å². The van der Waals surface area contributed by atoms with E-state index >= 15 is 0 Å². The van der Waals surface area contributed by atoms with E-state index in [0.29, 0.717) is 11.2 Å². The lowest BCUT2D eigenvalue weighted by Gasteiger charge is -2.43. The Morgan fingerprint density at radius 2 is 2.08 bits per heavy atom. The molecule has 0 aromatic carbocycles. The van der Waals surface area contributed by atoms with Crippen LogP contribution in [-0.2, 0) is 4.79 Å². The molecule has 1 aliphatic carbocycles. The van der Waals surface area contributed by atoms with E-state index in [4.69, 9.17) is 5.11 Å². The van der Waals surface area contributed by atoms with Crippen LogP contribution in [0.5, 0.6) is 0 Å². The molecule has 0 bridgehead atoms. The number of hydrogen-bond donors (Lipinski definition) is 1. The third kappa shape index (κ3) is 1.76. The number of aliphatic carboxylic acids is 1. The molecule has 0 heterocycles. The predicted octanol–water partition coefficient (Wildman–Crippen LogP) is 2.38. The van der Waals surface area contributed by atoms with Gasteiger partial charge in [-0.1, -0.05) is 20.8 Å². The molecule has 1 N–H and O–H groups in total. The highest BCUT2D eigenvalue weighted by molar-refractivity contribution is 8.02. The lowest BCUT2D eigenvalue weighted by atomic mass is 9.75. The molecule has 0 radical (unpaired) electrons. The summed E-state index contributed by atoms with van der Waals surface area (Å²) in [4.78, 5) is 11.0. The number of thioether (sulfide) groups is 1. The fourth-order valence-electron chi connectivity index (χ4n) is 1.84. The normalized spacial score (nSPS) is 34.8. The molecule has 0 aliphatic heterocycles. The van der Waals surface area contributed by atoms with Gasteiger partial charge in [0.05, 0.1) is 0 Å². The first-order valence-electron chi connectivity index (χ1n) is 4.37. The van der Waals surface area contributed by atoms with E-state index in [0.717, 1.165) is 12.8 Å². The highest BCUT2D eigenvalue weighted by atomic mass is 32.2. The molecule has 2 nitrogen and oxygen atoms in total. The van der Waals surface area contributed by atoms with Crippen LogP contribution in [0.4, 0.5) is 0 Å². The van der Waals surface area contributed by atoms with E-state index in [2.05, 4.69) is 20.8 Å². The van der Waals surface area contributed by atoms with E-state index in [1.54, 1.807) is 11.8 Å². The molecule has 1 rings (SSSR count). The molecule has 12 heavy (non-hydrogen) atoms. The van der Waals surface area contributed by atoms with Crippen molar-refractivity contribution in [3.63, 3.8) is 0 Å². The van der Waals surface area contributed by atoms with E-state index in [-0.39, 0.29) is 0 Å². The predicted molar refractivity (Wildman–Crippen MR) is 51.5 cm³/mol. The second-order valence-electron chi connectivity index (χ2n) is 3.98. The Hall–Kier alpha value is -0.180. The Balaban J connectivity index is 2.57. The molecule has 0 amide bonds. The lowest BCUT2D eigenvalue weighted by Crippen LogP contribution is -2.47. The van der Waals surface area contributed by atoms with E-state index < -0.39 is 10.7 Å². The summed E-state index contributed by atoms with van der Waals surface area (Å²) in [5.74, 6) is -0.0355. The van der Waals surface area contributed by atoms with Crippen molar-refractivity contribution in [1.29, 1.82) is 0 Å². The van der Waals surface area contributed by atoms with Gasteiger partial charge in [0, 0.05) is 5.25 Å². The minimum atomic E-state index is -0.626. The third-order valence-corrected chi connectivity index (χ3v) is 3.64. The topological polar surface area (TPSA) is 37.3 Å². The molecule has 3 heteroatoms. The summed E-state index contributed by atoms with van der Waals surface area (Å²) in [5, 5.41) is 9.44. The fourth-order valence-corrected chi connectivity index (χ4v) is 3.60. The van der Waals surface area contributed by atoms with E-state index in [1.807, 2.05) is 0 Å². The summed E-state index contributed by atoms with van der Waals surface area (Å²) in [6, 6.07) is 0. The van der Waals surface area contributed by atoms with E-state index in [9.17, 15) is 4.79 Å². The molecule has 1 saturated carbocycles. The number of carboxylic acid groups (broad SMARTS) is 1. The summed E-state index contributed by atoms with van der Waals surface area (Å²) in [5.41, 5.74) is 0. The van der Waals surface area contributed by atoms with Crippen LogP contribution < -0.4 is 0 Å². The summed E-state index contributed by atoms with van der Waals surface area (Å²) in [6.45, 7) is 6.22. The Morgan fingerprint density at radius 3 is 2.33 bits per heavy atom. The maximum absolute atomic E-state index is 11.0. The number of carboxylic acids is 1. The van der Waals surface area contributed by atoms with Crippen LogP contribution in [-0.4, -0.2) is 21.1 Å². The van der Waals surface area contributed by atoms with Gasteiger partial charge in [-0.3, -0.25) is 4.79 Å². The van der Waals surface area contributed by atoms with E-state index in [1.165, 1.54) is 0 Å². The average Bonchev–Trinajstić information content (AvgIpc) is 1.81. The summed E-state index contributed by atoms with van der Waals surface area (Å²) < 4.78 is -0.451. The molecule has 0 unspecified atom stereocenters. The lowest BCUT2D eigenvalue weighted by molar-refractivity contribution is -0.143. The van der Waals surface area contributed by atoms with Crippen molar-refractivity contribution in [3.05, 3.63) is 0 Å². The van der Waals surface area contributed by atoms with Gasteiger partial charge in [-0.15, -0.1) is 11.8 Å². The van der Waals surface area contributed by atoms with Crippen LogP contribution >= 0.6 is 11.8 Å². The molecule has 0 atom stereocenters. The standard InChI is InChI=1S/C9H16O2S/c1-6(2)12-9(8(10)11)4-7(3)5-9/h6-7H,4-5H2,1-3H3,(H,10,11). The molecule has 70 valence electrons. The quantitative estimate of drug-likeness (QED) is 0.739. The second-order valence-corrected chi connectivity index (χ2v) is 5.94. The van der Waals surface area contributed by atoms with Crippen LogP contribution in [0.1, 0.15) is 33.6 Å². The second kappa shape index (κ2) is 3.29. The number of rotatable bonds is 3. The monoisotopic (exact) mass is 188 g/mol. The van der Waals surface area contributed by atoms with Crippen LogP contribution in [0.25, 0.3) is 0 Å². The molecular formula is C9H16O2S. The van der Waals surface area contributed by atoms with Crippen LogP contribution in [0.15, 0.2) is 0 Å². The van der Waals surface area contributed by atoms with Gasteiger partial charge in [-0.25, -0.2) is 0 Å². The highest BCUT2D eigenvalue weighted by Gasteiger charge is 2.49. The molecule has 1 aliphatic rings. The fraction of sp³-hybridized carbons (Fsp3) is 0.889. The van der Waals surface area contributed by atoms with Gasteiger partial charge in [-0.05, 0) is 18.8 Å². The van der Waals surface area contributed by atoms with Gasteiger partial charge < -0.3 is 5.11 Å². The maximum Gasteiger partial charge on any atom is 0.319 e. The summed E-state index contributed by atoms with van der Waals surface area (Å²) >= 11 is 1.60. The minimum Gasteiger partial charge on any atom is -0.480 e. The third-order valence-electron chi connectivity index (χ3n) is 2.21. The van der Waals surface area contributed by atoms with Crippen LogP contribution in [0, 0.1) is 5.92 Å². The molecule has 0 spiro atoms. The van der Waals surface area contributed by atoms with Crippen molar-refractivity contribution in [1.82, 2.24) is 0 Å². The zero-order chi connectivity index (χ0) is 9.35. The Bertz CT molecular complexity index is 183. The van der Waals surface area contributed by atoms with Crippen molar-refractivity contribution in [2.75, 3.05) is 0 Å². The zero-order valence-electron chi connectivity index (χ0n) is 7.83. The van der Waals surface area contributed by atoms with Crippen LogP contribution in [0.3, 0.4) is 0 Å². The summed E-state index contributed by atoms with van der Waals surface area (Å²) in [7, 11) is 0. The number of hydrogen-bond acceptors (Lipinski definition) is 2. The van der Waals surface area contributed by atoms with Gasteiger partial charge in [0.2, 0.25) is 0 Å². The van der Waals surface area contributed by atoms with Crippen molar-refractivity contribution >= 4 is 17.7 Å². The largest absolute Gasteiger partial charge is 0.480 e. The number of carbonyl (C=O) groups is 1. The van der Waals surface area contributed by atoms with Gasteiger partial charge >= 0.3 is 5.97 Å². The first kappa shape index (κ1) is 9.90. The van der Waals surface area contributed by atoms with Crippen molar-refractivity contribution in [2.24, 2.45) is 5.92 Å². The summed E-state index contributed by atoms with van der Waals surface area (Å²) in [6.07, 6.45) is 1.68. The average molecular weight is 188 g/mol. The smallest absolute Gasteiger partial charge is 0.319 e. The van der Waals surface area contributed by atoms with Gasteiger partial charge in [0.25, 0.3) is 0 Å². The van der Waals surface area contributed by atoms with Crippen LogP contribution in [0.2, 0.25) is 0 Å². The Morgan fingerprint density at radius 1 is 1.58 bits per heavy atom. The molecule has 1 fully saturated rings. The van der Waals surface area contributed by atoms with Crippen molar-refractivity contribution in [2.45, 2.75) is 43.6 Å². The Labute approximate surface area is 77.7 Å². The molecular weight excluding hydrogens is 172 g/mol. The zero-order valence-corrected chi connectivity index (χ0v) is 8.65. The first-order chi connectivity index (χ1) is 5.46. The minimum absolute atomic E-state index is 0.411. The Kier molecular flexibility index (Phi) is 2.71. The van der Waals surface area contributed by atoms with Crippen molar-refractivity contribution < 1.29 is 9.90 Å². The van der Waals surface area contributed by atoms with Gasteiger partial charge in [-0.2, -0.15) is 0 Å². The highest BCUT2D eigenvalue weighted by Crippen LogP contribution is 2.49. The first-order valence-corrected chi connectivity index (χ1v) is 5.25. The molecule has 0 aromatic heterocycles. The van der Waals surface area contributed by atoms with Gasteiger partial charge in [0.15, 0.2) is 0 Å². The van der Waals surface area contributed by atoms with Crippen molar-refractivity contribution in [3.8, 4) is 0 Å². The molecule has 0 saturated heterocycles.